The number of aliphatic imine (C=N–C) groups is 1. The number of benzene rings is 4. The predicted octanol–water partition coefficient (Wildman–Crippen LogP) is 7.81. The maximum Gasteiger partial charge on any atom is 0.416 e. The van der Waals surface area contributed by atoms with E-state index in [0.29, 0.717) is 35.5 Å². The molecule has 0 saturated carbocycles. The number of nitrogens with zero attached hydrogens (tertiary/aromatic N) is 1. The van der Waals surface area contributed by atoms with Crippen molar-refractivity contribution < 1.29 is 32.5 Å². The second-order valence-corrected chi connectivity index (χ2v) is 12.3. The van der Waals surface area contributed by atoms with Crippen molar-refractivity contribution in [2.24, 2.45) is 4.99 Å². The van der Waals surface area contributed by atoms with Crippen LogP contribution < -0.4 is 10.1 Å². The zero-order chi connectivity index (χ0) is 32.0. The summed E-state index contributed by atoms with van der Waals surface area (Å²) in [5, 5.41) is 12.0. The molecule has 0 bridgehead atoms. The van der Waals surface area contributed by atoms with Gasteiger partial charge in [0.05, 0.1) is 12.2 Å². The third-order valence-corrected chi connectivity index (χ3v) is 8.59. The summed E-state index contributed by atoms with van der Waals surface area (Å²) >= 11 is 7.08. The van der Waals surface area contributed by atoms with Crippen LogP contribution in [0.5, 0.6) is 5.75 Å². The van der Waals surface area contributed by atoms with Gasteiger partial charge in [0.15, 0.2) is 11.6 Å². The van der Waals surface area contributed by atoms with Gasteiger partial charge in [-0.3, -0.25) is 4.79 Å². The molecule has 4 aromatic carbocycles. The zero-order valence-electron chi connectivity index (χ0n) is 23.9. The van der Waals surface area contributed by atoms with Crippen LogP contribution in [0.25, 0.3) is 0 Å². The fraction of sp³-hybridized carbons (Fsp3) is 0.235. The molecule has 0 aliphatic carbocycles. The number of carbonyl (C=O) groups excluding carboxylic acids is 1. The third kappa shape index (κ3) is 7.77. The number of aliphatic hydroxyl groups excluding tert-OH is 1. The molecular formula is C34H29Br2F3N2O4. The van der Waals surface area contributed by atoms with Gasteiger partial charge in [0, 0.05) is 46.1 Å². The van der Waals surface area contributed by atoms with E-state index in [9.17, 15) is 18.0 Å². The Labute approximate surface area is 275 Å². The van der Waals surface area contributed by atoms with Crippen molar-refractivity contribution in [3.63, 3.8) is 0 Å². The summed E-state index contributed by atoms with van der Waals surface area (Å²) in [5.41, 5.74) is 0.446. The van der Waals surface area contributed by atoms with E-state index in [1.54, 1.807) is 24.3 Å². The van der Waals surface area contributed by atoms with Crippen LogP contribution in [0.15, 0.2) is 111 Å². The molecule has 1 amide bonds. The smallest absolute Gasteiger partial charge is 0.416 e. The van der Waals surface area contributed by atoms with Gasteiger partial charge < -0.3 is 19.9 Å². The molecule has 6 nitrogen and oxygen atoms in total. The Balaban J connectivity index is 1.53. The summed E-state index contributed by atoms with van der Waals surface area (Å²) in [4.78, 5) is 19.4. The Hall–Kier alpha value is -3.67. The highest BCUT2D eigenvalue weighted by Crippen LogP contribution is 2.44. The molecule has 0 radical (unpaired) electrons. The summed E-state index contributed by atoms with van der Waals surface area (Å²) in [5.74, 6) is 0.438. The van der Waals surface area contributed by atoms with Crippen molar-refractivity contribution >= 4 is 43.7 Å². The maximum absolute atomic E-state index is 14.4. The molecule has 1 heterocycles. The number of hydrogen-bond acceptors (Lipinski definition) is 5. The first-order valence-electron chi connectivity index (χ1n) is 14.1. The van der Waals surface area contributed by atoms with E-state index >= 15 is 0 Å². The molecule has 0 aromatic heterocycles. The quantitative estimate of drug-likeness (QED) is 0.154. The van der Waals surface area contributed by atoms with Crippen LogP contribution in [0.4, 0.5) is 13.2 Å². The standard InChI is InChI=1S/C34H29Br2F3N2O4/c35-26-14-8-22(9-15-26)20-33(32(43)40-21-23-6-12-25(13-7-23)34(37,38)39)30(28-4-1-2-5-29(28)36)45-31(41-33)24-10-16-27(17-11-24)44-19-3-18-42/h1-2,4-17,30,42H,3,18-21H2,(H,40,43)/t30-,33-/m1/s1. The van der Waals surface area contributed by atoms with Crippen LogP contribution in [0.2, 0.25) is 0 Å². The molecule has 5 rings (SSSR count). The van der Waals surface area contributed by atoms with E-state index in [2.05, 4.69) is 37.2 Å². The summed E-state index contributed by atoms with van der Waals surface area (Å²) in [6.45, 7) is 0.389. The van der Waals surface area contributed by atoms with Gasteiger partial charge in [-0.05, 0) is 65.7 Å². The number of aliphatic hydroxyl groups is 1. The van der Waals surface area contributed by atoms with E-state index < -0.39 is 29.3 Å². The highest BCUT2D eigenvalue weighted by molar-refractivity contribution is 9.10. The van der Waals surface area contributed by atoms with Crippen LogP contribution in [0, 0.1) is 0 Å². The first-order chi connectivity index (χ1) is 21.6. The van der Waals surface area contributed by atoms with Crippen LogP contribution in [0.1, 0.15) is 40.3 Å². The van der Waals surface area contributed by atoms with Crippen LogP contribution >= 0.6 is 31.9 Å². The van der Waals surface area contributed by atoms with Gasteiger partial charge in [0.25, 0.3) is 5.91 Å². The summed E-state index contributed by atoms with van der Waals surface area (Å²) < 4.78 is 53.1. The molecule has 234 valence electrons. The van der Waals surface area contributed by atoms with Crippen molar-refractivity contribution in [3.05, 3.63) is 134 Å². The van der Waals surface area contributed by atoms with Crippen LogP contribution in [-0.4, -0.2) is 35.7 Å². The molecule has 0 unspecified atom stereocenters. The first kappa shape index (κ1) is 32.7. The second-order valence-electron chi connectivity index (χ2n) is 10.5. The van der Waals surface area contributed by atoms with Gasteiger partial charge in [-0.15, -0.1) is 0 Å². The number of carbonyl (C=O) groups is 1. The molecular weight excluding hydrogens is 717 g/mol. The minimum Gasteiger partial charge on any atom is -0.494 e. The SMILES string of the molecule is O=C(NCc1ccc(C(F)(F)F)cc1)[C@]1(Cc2ccc(Br)cc2)N=C(c2ccc(OCCCO)cc2)O[C@@H]1c1ccccc1Br. The predicted molar refractivity (Wildman–Crippen MR) is 172 cm³/mol. The molecule has 2 N–H and O–H groups in total. The molecule has 0 saturated heterocycles. The lowest BCUT2D eigenvalue weighted by molar-refractivity contribution is -0.137. The Kier molecular flexibility index (Phi) is 10.3. The Morgan fingerprint density at radius 1 is 0.933 bits per heavy atom. The monoisotopic (exact) mass is 744 g/mol. The van der Waals surface area contributed by atoms with Crippen molar-refractivity contribution in [1.82, 2.24) is 5.32 Å². The van der Waals surface area contributed by atoms with Crippen molar-refractivity contribution in [1.29, 1.82) is 0 Å². The van der Waals surface area contributed by atoms with Gasteiger partial charge in [0.2, 0.25) is 5.90 Å². The van der Waals surface area contributed by atoms with E-state index in [1.165, 1.54) is 12.1 Å². The summed E-state index contributed by atoms with van der Waals surface area (Å²) in [6, 6.07) is 26.8. The molecule has 1 aliphatic heterocycles. The van der Waals surface area contributed by atoms with Gasteiger partial charge >= 0.3 is 6.18 Å². The number of ether oxygens (including phenoxy) is 2. The number of amides is 1. The average Bonchev–Trinajstić information content (AvgIpc) is 3.41. The third-order valence-electron chi connectivity index (χ3n) is 7.34. The van der Waals surface area contributed by atoms with Crippen LogP contribution in [0.3, 0.4) is 0 Å². The summed E-state index contributed by atoms with van der Waals surface area (Å²) in [6.07, 6.45) is -4.62. The molecule has 1 aliphatic rings. The van der Waals surface area contributed by atoms with E-state index in [0.717, 1.165) is 26.6 Å². The number of alkyl halides is 3. The topological polar surface area (TPSA) is 80.2 Å². The first-order valence-corrected chi connectivity index (χ1v) is 15.7. The molecule has 2 atom stereocenters. The van der Waals surface area contributed by atoms with Crippen molar-refractivity contribution in [2.75, 3.05) is 13.2 Å². The number of hydrogen-bond donors (Lipinski definition) is 2. The zero-order valence-corrected chi connectivity index (χ0v) is 27.0. The van der Waals surface area contributed by atoms with Gasteiger partial charge in [-0.25, -0.2) is 4.99 Å². The lowest BCUT2D eigenvalue weighted by Gasteiger charge is -2.31. The molecule has 45 heavy (non-hydrogen) atoms. The minimum absolute atomic E-state index is 0.00747. The summed E-state index contributed by atoms with van der Waals surface area (Å²) in [7, 11) is 0. The number of rotatable bonds is 11. The van der Waals surface area contributed by atoms with Gasteiger partial charge in [-0.1, -0.05) is 74.3 Å². The number of halogens is 5. The Morgan fingerprint density at radius 2 is 1.60 bits per heavy atom. The van der Waals surface area contributed by atoms with E-state index in [-0.39, 0.29) is 25.5 Å². The maximum atomic E-state index is 14.4. The fourth-order valence-electron chi connectivity index (χ4n) is 5.01. The molecule has 11 heteroatoms. The van der Waals surface area contributed by atoms with Crippen molar-refractivity contribution in [3.8, 4) is 5.75 Å². The highest BCUT2D eigenvalue weighted by atomic mass is 79.9. The lowest BCUT2D eigenvalue weighted by atomic mass is 9.82. The van der Waals surface area contributed by atoms with Gasteiger partial charge in [0.1, 0.15) is 5.75 Å². The Bertz CT molecular complexity index is 1650. The normalized spacial score (nSPS) is 17.8. The minimum atomic E-state index is -4.46. The van der Waals surface area contributed by atoms with Crippen LogP contribution in [-0.2, 0) is 28.7 Å². The van der Waals surface area contributed by atoms with Crippen molar-refractivity contribution in [2.45, 2.75) is 37.2 Å². The largest absolute Gasteiger partial charge is 0.494 e. The number of nitrogens with one attached hydrogen (secondary N) is 1. The van der Waals surface area contributed by atoms with E-state index in [1.807, 2.05) is 48.5 Å². The molecule has 0 fully saturated rings. The van der Waals surface area contributed by atoms with E-state index in [4.69, 9.17) is 19.6 Å². The molecule has 0 spiro atoms. The average molecular weight is 746 g/mol. The van der Waals surface area contributed by atoms with Gasteiger partial charge in [-0.2, -0.15) is 13.2 Å². The molecule has 4 aromatic rings. The lowest BCUT2D eigenvalue weighted by Crippen LogP contribution is -2.49. The second kappa shape index (κ2) is 14.2. The highest BCUT2D eigenvalue weighted by Gasteiger charge is 2.53. The Morgan fingerprint density at radius 3 is 2.24 bits per heavy atom. The fourth-order valence-corrected chi connectivity index (χ4v) is 5.76.